The van der Waals surface area contributed by atoms with E-state index in [1.807, 2.05) is 0 Å². The molecule has 158 valence electrons. The van der Waals surface area contributed by atoms with E-state index in [2.05, 4.69) is 15.9 Å². The maximum atomic E-state index is 14.4. The molecule has 0 aliphatic heterocycles. The number of hydrogen-bond donors (Lipinski definition) is 1. The lowest BCUT2D eigenvalue weighted by atomic mass is 10.1. The van der Waals surface area contributed by atoms with Gasteiger partial charge in [0.15, 0.2) is 11.6 Å². The molecule has 0 aliphatic carbocycles. The number of carbonyl (C=O) groups is 1. The second-order valence-corrected chi connectivity index (χ2v) is 8.68. The van der Waals surface area contributed by atoms with Gasteiger partial charge in [0.2, 0.25) is 10.0 Å². The zero-order valence-electron chi connectivity index (χ0n) is 14.6. The number of halogens is 6. The Labute approximate surface area is 170 Å². The second-order valence-electron chi connectivity index (χ2n) is 5.95. The van der Waals surface area contributed by atoms with Crippen molar-refractivity contribution in [2.75, 3.05) is 6.54 Å². The van der Waals surface area contributed by atoms with Gasteiger partial charge >= 0.3 is 12.1 Å². The molecule has 0 heterocycles. The van der Waals surface area contributed by atoms with Crippen molar-refractivity contribution in [3.05, 3.63) is 63.1 Å². The van der Waals surface area contributed by atoms with Crippen LogP contribution < -0.4 is 0 Å². The van der Waals surface area contributed by atoms with Crippen molar-refractivity contribution in [3.8, 4) is 0 Å². The van der Waals surface area contributed by atoms with Gasteiger partial charge in [0, 0.05) is 11.0 Å². The molecule has 0 aromatic heterocycles. The first-order chi connectivity index (χ1) is 13.3. The van der Waals surface area contributed by atoms with Crippen LogP contribution in [-0.4, -0.2) is 30.3 Å². The zero-order valence-corrected chi connectivity index (χ0v) is 17.0. The van der Waals surface area contributed by atoms with E-state index < -0.39 is 67.4 Å². The van der Waals surface area contributed by atoms with E-state index in [1.165, 1.54) is 13.0 Å². The molecule has 0 amide bonds. The van der Waals surface area contributed by atoms with Crippen LogP contribution >= 0.6 is 15.9 Å². The van der Waals surface area contributed by atoms with E-state index in [1.54, 1.807) is 0 Å². The zero-order chi connectivity index (χ0) is 22.1. The van der Waals surface area contributed by atoms with Crippen molar-refractivity contribution in [2.24, 2.45) is 0 Å². The number of nitrogens with zero attached hydrogens (tertiary/aromatic N) is 1. The normalized spacial score (nSPS) is 12.4. The van der Waals surface area contributed by atoms with Crippen molar-refractivity contribution >= 4 is 31.9 Å². The molecule has 0 bridgehead atoms. The minimum absolute atomic E-state index is 0.137. The van der Waals surface area contributed by atoms with Gasteiger partial charge in [-0.1, -0.05) is 18.2 Å². The fourth-order valence-electron chi connectivity index (χ4n) is 2.56. The molecule has 0 saturated heterocycles. The highest BCUT2D eigenvalue weighted by atomic mass is 79.9. The van der Waals surface area contributed by atoms with Crippen molar-refractivity contribution in [1.82, 2.24) is 4.31 Å². The van der Waals surface area contributed by atoms with Crippen LogP contribution in [0.4, 0.5) is 22.0 Å². The Bertz CT molecular complexity index is 1060. The van der Waals surface area contributed by atoms with Crippen LogP contribution in [0.25, 0.3) is 0 Å². The van der Waals surface area contributed by atoms with E-state index in [0.29, 0.717) is 6.07 Å². The van der Waals surface area contributed by atoms with Crippen molar-refractivity contribution in [1.29, 1.82) is 0 Å². The van der Waals surface area contributed by atoms with Crippen LogP contribution in [-0.2, 0) is 27.5 Å². The van der Waals surface area contributed by atoms with Gasteiger partial charge in [-0.25, -0.2) is 17.2 Å². The molecular weight excluding hydrogens is 489 g/mol. The van der Waals surface area contributed by atoms with Crippen LogP contribution in [0.15, 0.2) is 39.7 Å². The van der Waals surface area contributed by atoms with Crippen LogP contribution in [0.3, 0.4) is 0 Å². The van der Waals surface area contributed by atoms with Gasteiger partial charge in [-0.15, -0.1) is 0 Å². The smallest absolute Gasteiger partial charge is 0.416 e. The highest BCUT2D eigenvalue weighted by molar-refractivity contribution is 9.10. The van der Waals surface area contributed by atoms with Gasteiger partial charge in [0.05, 0.1) is 5.56 Å². The summed E-state index contributed by atoms with van der Waals surface area (Å²) in [7, 11) is -5.03. The van der Waals surface area contributed by atoms with Gasteiger partial charge in [-0.3, -0.25) is 4.79 Å². The fourth-order valence-corrected chi connectivity index (χ4v) is 5.16. The number of rotatable bonds is 6. The van der Waals surface area contributed by atoms with E-state index >= 15 is 0 Å². The topological polar surface area (TPSA) is 74.7 Å². The summed E-state index contributed by atoms with van der Waals surface area (Å²) in [5.41, 5.74) is -1.95. The Kier molecular flexibility index (Phi) is 6.70. The van der Waals surface area contributed by atoms with Crippen molar-refractivity contribution in [3.63, 3.8) is 0 Å². The van der Waals surface area contributed by atoms with Crippen molar-refractivity contribution < 1.29 is 40.3 Å². The van der Waals surface area contributed by atoms with Crippen molar-refractivity contribution in [2.45, 2.75) is 24.5 Å². The van der Waals surface area contributed by atoms with Gasteiger partial charge in [0.25, 0.3) is 0 Å². The number of carboxylic acids is 1. The second kappa shape index (κ2) is 8.36. The number of aliphatic carboxylic acids is 1. The number of carboxylic acid groups (broad SMARTS) is 1. The molecule has 2 rings (SSSR count). The van der Waals surface area contributed by atoms with Gasteiger partial charge in [-0.2, -0.15) is 17.5 Å². The predicted octanol–water partition coefficient (Wildman–Crippen LogP) is 4.33. The third kappa shape index (κ3) is 4.93. The van der Waals surface area contributed by atoms with E-state index in [-0.39, 0.29) is 9.87 Å². The molecule has 0 atom stereocenters. The summed E-state index contributed by atoms with van der Waals surface area (Å²) >= 11 is 2.79. The summed E-state index contributed by atoms with van der Waals surface area (Å²) < 4.78 is 93.4. The number of sulfonamides is 1. The summed E-state index contributed by atoms with van der Waals surface area (Å²) in [5, 5.41) is 9.03. The first-order valence-electron chi connectivity index (χ1n) is 7.78. The minimum atomic E-state index is -5.03. The Hall–Kier alpha value is -2.05. The van der Waals surface area contributed by atoms with Gasteiger partial charge in [-0.05, 0) is 46.1 Å². The lowest BCUT2D eigenvalue weighted by Gasteiger charge is -2.23. The van der Waals surface area contributed by atoms with Crippen LogP contribution in [0.2, 0.25) is 0 Å². The first kappa shape index (κ1) is 23.2. The Balaban J connectivity index is 2.64. The molecule has 12 heteroatoms. The van der Waals surface area contributed by atoms with Gasteiger partial charge in [0.1, 0.15) is 11.4 Å². The number of hydrogen-bond acceptors (Lipinski definition) is 3. The van der Waals surface area contributed by atoms with E-state index in [9.17, 15) is 35.2 Å². The SMILES string of the molecule is Cc1cc(Br)c(S(=O)(=O)N(CC(=O)O)Cc2ccccc2C(F)(F)F)c(F)c1F. The first-order valence-corrected chi connectivity index (χ1v) is 10.0. The summed E-state index contributed by atoms with van der Waals surface area (Å²) in [6.07, 6.45) is -4.84. The molecule has 0 unspecified atom stereocenters. The van der Waals surface area contributed by atoms with Crippen LogP contribution in [0.5, 0.6) is 0 Å². The maximum Gasteiger partial charge on any atom is 0.416 e. The molecule has 2 aromatic rings. The summed E-state index contributed by atoms with van der Waals surface area (Å²) in [4.78, 5) is 9.94. The summed E-state index contributed by atoms with van der Waals surface area (Å²) in [6, 6.07) is 4.91. The summed E-state index contributed by atoms with van der Waals surface area (Å²) in [5.74, 6) is -4.93. The molecule has 2 aromatic carbocycles. The van der Waals surface area contributed by atoms with E-state index in [0.717, 1.165) is 18.2 Å². The van der Waals surface area contributed by atoms with Crippen LogP contribution in [0.1, 0.15) is 16.7 Å². The standard InChI is InChI=1S/C17H13BrF5NO4S/c1-9-6-12(18)16(15(20)14(9)19)29(27,28)24(8-13(25)26)7-10-4-2-3-5-11(10)17(21,22)23/h2-6H,7-8H2,1H3,(H,25,26). The third-order valence-electron chi connectivity index (χ3n) is 3.88. The molecule has 0 fully saturated rings. The quantitative estimate of drug-likeness (QED) is 0.472. The molecule has 29 heavy (non-hydrogen) atoms. The Morgan fingerprint density at radius 1 is 1.17 bits per heavy atom. The molecule has 1 N–H and O–H groups in total. The number of benzene rings is 2. The Morgan fingerprint density at radius 3 is 2.31 bits per heavy atom. The molecule has 0 aliphatic rings. The monoisotopic (exact) mass is 501 g/mol. The highest BCUT2D eigenvalue weighted by Gasteiger charge is 2.37. The van der Waals surface area contributed by atoms with Crippen LogP contribution in [0, 0.1) is 18.6 Å². The molecule has 0 saturated carbocycles. The number of alkyl halides is 3. The molecule has 0 spiro atoms. The minimum Gasteiger partial charge on any atom is -0.480 e. The third-order valence-corrected chi connectivity index (χ3v) is 6.62. The molecule has 5 nitrogen and oxygen atoms in total. The van der Waals surface area contributed by atoms with E-state index in [4.69, 9.17) is 5.11 Å². The molecule has 0 radical (unpaired) electrons. The maximum absolute atomic E-state index is 14.4. The van der Waals surface area contributed by atoms with Gasteiger partial charge < -0.3 is 5.11 Å². The lowest BCUT2D eigenvalue weighted by molar-refractivity contribution is -0.138. The average Bonchev–Trinajstić information content (AvgIpc) is 2.58. The summed E-state index contributed by atoms with van der Waals surface area (Å²) in [6.45, 7) is -1.12. The Morgan fingerprint density at radius 2 is 1.76 bits per heavy atom. The largest absolute Gasteiger partial charge is 0.480 e. The predicted molar refractivity (Wildman–Crippen MR) is 95.5 cm³/mol. The average molecular weight is 502 g/mol. The lowest BCUT2D eigenvalue weighted by Crippen LogP contribution is -2.36. The fraction of sp³-hybridized carbons (Fsp3) is 0.235. The highest BCUT2D eigenvalue weighted by Crippen LogP contribution is 2.35. The molecular formula is C17H13BrF5NO4S. The number of aryl methyl sites for hydroxylation is 1.